The molecule has 0 bridgehead atoms. The van der Waals surface area contributed by atoms with Crippen LogP contribution in [0, 0.1) is 0 Å². The van der Waals surface area contributed by atoms with Crippen LogP contribution in [0.15, 0.2) is 71.6 Å². The third-order valence-electron chi connectivity index (χ3n) is 8.01. The number of amides is 1. The number of benzene rings is 3. The SMILES string of the molecule is CN1C(=O)c2ccccc2C1C(CCN1CCC(c2ccccc2S(C)=O)CC1)c1ccc(Cl)c(Cl)c1. The molecule has 1 saturated heterocycles. The van der Waals surface area contributed by atoms with Crippen molar-refractivity contribution >= 4 is 39.9 Å². The molecule has 0 aliphatic carbocycles. The van der Waals surface area contributed by atoms with E-state index in [2.05, 4.69) is 23.1 Å². The van der Waals surface area contributed by atoms with Crippen LogP contribution in [-0.2, 0) is 10.8 Å². The molecule has 0 spiro atoms. The number of hydrogen-bond acceptors (Lipinski definition) is 3. The highest BCUT2D eigenvalue weighted by atomic mass is 35.5. The van der Waals surface area contributed by atoms with Gasteiger partial charge >= 0.3 is 0 Å². The fourth-order valence-corrected chi connectivity index (χ4v) is 7.22. The topological polar surface area (TPSA) is 40.6 Å². The second-order valence-corrected chi connectivity index (χ2v) is 12.3. The number of hydrogen-bond donors (Lipinski definition) is 0. The summed E-state index contributed by atoms with van der Waals surface area (Å²) < 4.78 is 12.2. The lowest BCUT2D eigenvalue weighted by Crippen LogP contribution is -2.36. The van der Waals surface area contributed by atoms with Crippen LogP contribution in [0.25, 0.3) is 0 Å². The molecule has 1 fully saturated rings. The van der Waals surface area contributed by atoms with Crippen molar-refractivity contribution in [3.63, 3.8) is 0 Å². The summed E-state index contributed by atoms with van der Waals surface area (Å²) in [6.45, 7) is 2.93. The number of nitrogens with zero attached hydrogens (tertiary/aromatic N) is 2. The molecule has 4 nitrogen and oxygen atoms in total. The summed E-state index contributed by atoms with van der Waals surface area (Å²) in [5.41, 5.74) is 4.20. The van der Waals surface area contributed by atoms with Gasteiger partial charge in [-0.3, -0.25) is 9.00 Å². The predicted octanol–water partition coefficient (Wildman–Crippen LogP) is 6.91. The second kappa shape index (κ2) is 11.3. The second-order valence-electron chi connectivity index (χ2n) is 10.1. The normalized spacial score (nSPS) is 20.2. The quantitative estimate of drug-likeness (QED) is 0.318. The molecule has 5 rings (SSSR count). The number of halogens is 2. The molecule has 2 aliphatic rings. The lowest BCUT2D eigenvalue weighted by molar-refractivity contribution is 0.0746. The van der Waals surface area contributed by atoms with Gasteiger partial charge in [-0.15, -0.1) is 0 Å². The van der Waals surface area contributed by atoms with Crippen molar-refractivity contribution in [2.24, 2.45) is 0 Å². The Kier molecular flexibility index (Phi) is 8.06. The molecule has 3 aromatic rings. The summed E-state index contributed by atoms with van der Waals surface area (Å²) in [5, 5.41) is 1.08. The van der Waals surface area contributed by atoms with Crippen LogP contribution in [0.3, 0.4) is 0 Å². The number of likely N-dealkylation sites (N-methyl/N-ethyl adjacent to an activating group) is 1. The zero-order valence-corrected chi connectivity index (χ0v) is 23.5. The summed E-state index contributed by atoms with van der Waals surface area (Å²) in [5.74, 6) is 0.597. The molecule has 2 heterocycles. The lowest BCUT2D eigenvalue weighted by Gasteiger charge is -2.36. The van der Waals surface area contributed by atoms with E-state index >= 15 is 0 Å². The van der Waals surface area contributed by atoms with Crippen LogP contribution >= 0.6 is 23.2 Å². The van der Waals surface area contributed by atoms with Gasteiger partial charge < -0.3 is 9.80 Å². The van der Waals surface area contributed by atoms with Crippen molar-refractivity contribution in [3.8, 4) is 0 Å². The van der Waals surface area contributed by atoms with Gasteiger partial charge in [0.05, 0.1) is 26.9 Å². The van der Waals surface area contributed by atoms with Crippen molar-refractivity contribution in [2.75, 3.05) is 32.9 Å². The summed E-state index contributed by atoms with van der Waals surface area (Å²) in [6, 6.07) is 21.9. The molecular formula is C30H32Cl2N2O2S. The molecule has 3 aromatic carbocycles. The minimum absolute atomic E-state index is 0.0510. The van der Waals surface area contributed by atoms with Crippen LogP contribution < -0.4 is 0 Å². The van der Waals surface area contributed by atoms with E-state index in [-0.39, 0.29) is 17.9 Å². The maximum absolute atomic E-state index is 13.1. The Labute approximate surface area is 232 Å². The summed E-state index contributed by atoms with van der Waals surface area (Å²) in [4.78, 5) is 18.4. The minimum atomic E-state index is -0.978. The molecule has 2 aliphatic heterocycles. The smallest absolute Gasteiger partial charge is 0.254 e. The Bertz CT molecular complexity index is 1320. The summed E-state index contributed by atoms with van der Waals surface area (Å²) >= 11 is 12.7. The van der Waals surface area contributed by atoms with Crippen LogP contribution in [0.5, 0.6) is 0 Å². The first-order valence-electron chi connectivity index (χ1n) is 12.8. The van der Waals surface area contributed by atoms with Gasteiger partial charge in [-0.2, -0.15) is 0 Å². The average molecular weight is 556 g/mol. The molecule has 3 unspecified atom stereocenters. The lowest BCUT2D eigenvalue weighted by atomic mass is 9.84. The molecule has 194 valence electrons. The van der Waals surface area contributed by atoms with Gasteiger partial charge in [-0.05, 0) is 85.8 Å². The third kappa shape index (κ3) is 5.37. The minimum Gasteiger partial charge on any atom is -0.334 e. The molecule has 0 N–H and O–H groups in total. The van der Waals surface area contributed by atoms with E-state index < -0.39 is 10.8 Å². The van der Waals surface area contributed by atoms with E-state index in [1.165, 1.54) is 5.56 Å². The number of fused-ring (bicyclic) bond motifs is 1. The van der Waals surface area contributed by atoms with E-state index in [4.69, 9.17) is 23.2 Å². The fourth-order valence-electron chi connectivity index (χ4n) is 6.08. The number of carbonyl (C=O) groups is 1. The Morgan fingerprint density at radius 2 is 1.62 bits per heavy atom. The Hall–Kier alpha value is -2.18. The molecule has 37 heavy (non-hydrogen) atoms. The maximum Gasteiger partial charge on any atom is 0.254 e. The average Bonchev–Trinajstić information content (AvgIpc) is 3.16. The van der Waals surface area contributed by atoms with E-state index in [1.54, 1.807) is 6.26 Å². The molecule has 0 aromatic heterocycles. The van der Waals surface area contributed by atoms with Crippen molar-refractivity contribution < 1.29 is 9.00 Å². The van der Waals surface area contributed by atoms with Crippen molar-refractivity contribution in [2.45, 2.75) is 42.0 Å². The highest BCUT2D eigenvalue weighted by Crippen LogP contribution is 2.45. The highest BCUT2D eigenvalue weighted by molar-refractivity contribution is 7.84. The molecular weight excluding hydrogens is 523 g/mol. The zero-order valence-electron chi connectivity index (χ0n) is 21.2. The molecule has 7 heteroatoms. The fraction of sp³-hybridized carbons (Fsp3) is 0.367. The molecule has 1 amide bonds. The van der Waals surface area contributed by atoms with E-state index in [9.17, 15) is 9.00 Å². The van der Waals surface area contributed by atoms with Gasteiger partial charge in [0.2, 0.25) is 0 Å². The van der Waals surface area contributed by atoms with E-state index in [1.807, 2.05) is 60.5 Å². The summed E-state index contributed by atoms with van der Waals surface area (Å²) in [7, 11) is 0.923. The number of piperidine rings is 1. The van der Waals surface area contributed by atoms with E-state index in [0.717, 1.165) is 60.5 Å². The maximum atomic E-state index is 13.1. The molecule has 0 saturated carbocycles. The largest absolute Gasteiger partial charge is 0.334 e. The van der Waals surface area contributed by atoms with Crippen LogP contribution in [-0.4, -0.2) is 52.9 Å². The van der Waals surface area contributed by atoms with Crippen molar-refractivity contribution in [1.29, 1.82) is 0 Å². The Balaban J connectivity index is 1.34. The first kappa shape index (κ1) is 26.4. The van der Waals surface area contributed by atoms with Gasteiger partial charge in [-0.1, -0.05) is 65.7 Å². The van der Waals surface area contributed by atoms with Crippen LogP contribution in [0.1, 0.15) is 64.2 Å². The highest BCUT2D eigenvalue weighted by Gasteiger charge is 2.39. The number of likely N-dealkylation sites (tertiary alicyclic amines) is 1. The Morgan fingerprint density at radius 1 is 0.946 bits per heavy atom. The van der Waals surface area contributed by atoms with Gasteiger partial charge in [-0.25, -0.2) is 0 Å². The van der Waals surface area contributed by atoms with Crippen LogP contribution in [0.2, 0.25) is 10.0 Å². The van der Waals surface area contributed by atoms with Gasteiger partial charge in [0.1, 0.15) is 0 Å². The first-order valence-corrected chi connectivity index (χ1v) is 15.1. The van der Waals surface area contributed by atoms with E-state index in [0.29, 0.717) is 16.0 Å². The van der Waals surface area contributed by atoms with Gasteiger partial charge in [0, 0.05) is 29.7 Å². The molecule has 3 atom stereocenters. The standard InChI is InChI=1S/C30H32Cl2N2O2S/c1-33-29(24-8-3-4-9-25(24)30(33)35)23(21-11-12-26(31)27(32)19-21)15-18-34-16-13-20(14-17-34)22-7-5-6-10-28(22)37(2)36/h3-12,19-20,23,29H,13-18H2,1-2H3. The first-order chi connectivity index (χ1) is 17.8. The van der Waals surface area contributed by atoms with Crippen LogP contribution in [0.4, 0.5) is 0 Å². The predicted molar refractivity (Wildman–Crippen MR) is 152 cm³/mol. The zero-order chi connectivity index (χ0) is 26.1. The third-order valence-corrected chi connectivity index (χ3v) is 9.74. The summed E-state index contributed by atoms with van der Waals surface area (Å²) in [6.07, 6.45) is 4.77. The van der Waals surface area contributed by atoms with Gasteiger partial charge in [0.25, 0.3) is 5.91 Å². The monoisotopic (exact) mass is 554 g/mol. The Morgan fingerprint density at radius 3 is 2.32 bits per heavy atom. The number of carbonyl (C=O) groups excluding carboxylic acids is 1. The van der Waals surface area contributed by atoms with Crippen molar-refractivity contribution in [3.05, 3.63) is 99.0 Å². The molecule has 0 radical (unpaired) electrons. The number of rotatable bonds is 7. The van der Waals surface area contributed by atoms with Crippen molar-refractivity contribution in [1.82, 2.24) is 9.80 Å². The van der Waals surface area contributed by atoms with Gasteiger partial charge in [0.15, 0.2) is 0 Å².